The Kier molecular flexibility index (Phi) is 5.47. The topological polar surface area (TPSA) is 35.6 Å². The molecule has 4 aromatic heterocycles. The Balaban J connectivity index is 1.12. The highest BCUT2D eigenvalue weighted by atomic mass is 15.1. The van der Waals surface area contributed by atoms with Crippen LogP contribution in [-0.4, -0.2) is 19.1 Å². The fourth-order valence-electron chi connectivity index (χ4n) is 8.84. The van der Waals surface area contributed by atoms with Gasteiger partial charge in [0.25, 0.3) is 0 Å². The molecule has 0 saturated carbocycles. The maximum absolute atomic E-state index is 5.40. The van der Waals surface area contributed by atoms with Crippen molar-refractivity contribution in [2.24, 2.45) is 0 Å². The molecule has 11 aromatic rings. The summed E-state index contributed by atoms with van der Waals surface area (Å²) >= 11 is 0. The first kappa shape index (κ1) is 27.7. The molecule has 0 amide bonds. The van der Waals surface area contributed by atoms with Gasteiger partial charge in [-0.05, 0) is 93.5 Å². The van der Waals surface area contributed by atoms with Gasteiger partial charge in [0, 0.05) is 44.4 Å². The van der Waals surface area contributed by atoms with E-state index in [2.05, 4.69) is 167 Å². The lowest BCUT2D eigenvalue weighted by atomic mass is 9.99. The molecule has 1 aliphatic rings. The van der Waals surface area contributed by atoms with E-state index in [9.17, 15) is 0 Å². The molecule has 0 atom stereocenters. The molecule has 0 N–H and O–H groups in total. The molecule has 7 aromatic carbocycles. The normalized spacial score (nSPS) is 12.2. The molecule has 0 fully saturated rings. The maximum atomic E-state index is 5.40. The van der Waals surface area contributed by atoms with Crippen LogP contribution in [0.4, 0.5) is 0 Å². The monoisotopic (exact) mass is 660 g/mol. The Bertz CT molecular complexity index is 3290. The van der Waals surface area contributed by atoms with E-state index in [0.29, 0.717) is 0 Å². The molecular formula is C48H28N4. The molecule has 12 rings (SSSR count). The van der Waals surface area contributed by atoms with Crippen molar-refractivity contribution in [3.63, 3.8) is 0 Å². The largest absolute Gasteiger partial charge is 0.309 e. The van der Waals surface area contributed by atoms with Gasteiger partial charge < -0.3 is 4.57 Å². The Morgan fingerprint density at radius 2 is 1.08 bits per heavy atom. The number of hydrogen-bond acceptors (Lipinski definition) is 2. The van der Waals surface area contributed by atoms with Crippen LogP contribution in [0.15, 0.2) is 170 Å². The van der Waals surface area contributed by atoms with Crippen LogP contribution in [0.25, 0.3) is 110 Å². The maximum Gasteiger partial charge on any atom is 0.139 e. The number of benzene rings is 7. The molecule has 4 heterocycles. The lowest BCUT2D eigenvalue weighted by molar-refractivity contribution is 1.09. The predicted octanol–water partition coefficient (Wildman–Crippen LogP) is 12.3. The van der Waals surface area contributed by atoms with E-state index in [0.717, 1.165) is 33.8 Å². The van der Waals surface area contributed by atoms with Crippen LogP contribution >= 0.6 is 0 Å². The predicted molar refractivity (Wildman–Crippen MR) is 216 cm³/mol. The number of nitrogens with zero attached hydrogens (tertiary/aromatic N) is 4. The molecule has 1 aliphatic carbocycles. The first-order valence-corrected chi connectivity index (χ1v) is 17.7. The Labute approximate surface area is 298 Å². The van der Waals surface area contributed by atoms with Gasteiger partial charge in [0.05, 0.1) is 27.8 Å². The zero-order valence-electron chi connectivity index (χ0n) is 28.0. The summed E-state index contributed by atoms with van der Waals surface area (Å²) in [5, 5.41) is 9.76. The van der Waals surface area contributed by atoms with Gasteiger partial charge in [0.1, 0.15) is 11.5 Å². The second-order valence-corrected chi connectivity index (χ2v) is 13.8. The number of rotatable bonds is 3. The molecule has 0 aliphatic heterocycles. The van der Waals surface area contributed by atoms with Gasteiger partial charge >= 0.3 is 0 Å². The summed E-state index contributed by atoms with van der Waals surface area (Å²) in [6.07, 6.45) is 1.87. The van der Waals surface area contributed by atoms with E-state index >= 15 is 0 Å². The van der Waals surface area contributed by atoms with Gasteiger partial charge in [0.15, 0.2) is 0 Å². The third kappa shape index (κ3) is 3.70. The highest BCUT2D eigenvalue weighted by molar-refractivity contribution is 6.22. The van der Waals surface area contributed by atoms with E-state index in [-0.39, 0.29) is 0 Å². The lowest BCUT2D eigenvalue weighted by Crippen LogP contribution is -1.99. The Morgan fingerprint density at radius 1 is 0.385 bits per heavy atom. The fraction of sp³-hybridized carbons (Fsp3) is 0. The second-order valence-electron chi connectivity index (χ2n) is 13.8. The summed E-state index contributed by atoms with van der Waals surface area (Å²) < 4.78 is 4.72. The van der Waals surface area contributed by atoms with Crippen LogP contribution in [0.1, 0.15) is 0 Å². The van der Waals surface area contributed by atoms with Crippen LogP contribution in [0.2, 0.25) is 0 Å². The van der Waals surface area contributed by atoms with Crippen molar-refractivity contribution < 1.29 is 0 Å². The van der Waals surface area contributed by atoms with Crippen LogP contribution in [-0.2, 0) is 0 Å². The minimum Gasteiger partial charge on any atom is -0.309 e. The van der Waals surface area contributed by atoms with Crippen LogP contribution in [0.3, 0.4) is 0 Å². The molecule has 52 heavy (non-hydrogen) atoms. The van der Waals surface area contributed by atoms with Gasteiger partial charge in [-0.3, -0.25) is 9.55 Å². The van der Waals surface area contributed by atoms with Crippen LogP contribution < -0.4 is 0 Å². The minimum absolute atomic E-state index is 0.899. The van der Waals surface area contributed by atoms with Crippen molar-refractivity contribution in [3.05, 3.63) is 170 Å². The molecule has 240 valence electrons. The summed E-state index contributed by atoms with van der Waals surface area (Å²) in [5.41, 5.74) is 12.5. The van der Waals surface area contributed by atoms with Gasteiger partial charge in [0.2, 0.25) is 0 Å². The quantitative estimate of drug-likeness (QED) is 0.189. The molecule has 0 spiro atoms. The highest BCUT2D eigenvalue weighted by Gasteiger charge is 2.26. The van der Waals surface area contributed by atoms with Crippen molar-refractivity contribution in [1.82, 2.24) is 19.1 Å². The molecule has 0 saturated heterocycles. The number of pyridine rings is 2. The molecule has 4 heteroatoms. The molecule has 0 bridgehead atoms. The van der Waals surface area contributed by atoms with Crippen molar-refractivity contribution in [2.75, 3.05) is 0 Å². The zero-order valence-corrected chi connectivity index (χ0v) is 28.0. The van der Waals surface area contributed by atoms with Crippen molar-refractivity contribution in [2.45, 2.75) is 0 Å². The first-order valence-electron chi connectivity index (χ1n) is 17.7. The average molecular weight is 661 g/mol. The van der Waals surface area contributed by atoms with E-state index in [4.69, 9.17) is 9.97 Å². The van der Waals surface area contributed by atoms with Crippen molar-refractivity contribution >= 4 is 65.2 Å². The number of aromatic nitrogens is 4. The van der Waals surface area contributed by atoms with Crippen molar-refractivity contribution in [1.29, 1.82) is 0 Å². The summed E-state index contributed by atoms with van der Waals surface area (Å²) in [6.45, 7) is 0. The van der Waals surface area contributed by atoms with E-state index in [1.807, 2.05) is 12.3 Å². The van der Waals surface area contributed by atoms with Gasteiger partial charge in [-0.15, -0.1) is 0 Å². The molecule has 0 unspecified atom stereocenters. The fourth-order valence-corrected chi connectivity index (χ4v) is 8.84. The van der Waals surface area contributed by atoms with Gasteiger partial charge in [-0.25, -0.2) is 4.98 Å². The molecular weight excluding hydrogens is 633 g/mol. The van der Waals surface area contributed by atoms with E-state index in [1.165, 1.54) is 76.5 Å². The SMILES string of the molecule is c1ccc(-n2c3ccccc3c3cc(-c4ccc5c(c4)c4c6ccccc6ccc4n5-c4cc5cccc6c5c(n4)-c4ncccc4-6)ccc32)cc1. The van der Waals surface area contributed by atoms with Crippen LogP contribution in [0.5, 0.6) is 0 Å². The average Bonchev–Trinajstić information content (AvgIpc) is 3.84. The molecule has 0 radical (unpaired) electrons. The van der Waals surface area contributed by atoms with E-state index in [1.54, 1.807) is 0 Å². The third-order valence-corrected chi connectivity index (χ3v) is 11.1. The van der Waals surface area contributed by atoms with E-state index < -0.39 is 0 Å². The number of fused-ring (bicyclic) bond motifs is 11. The summed E-state index contributed by atoms with van der Waals surface area (Å²) in [4.78, 5) is 10.2. The summed E-state index contributed by atoms with van der Waals surface area (Å²) in [6, 6.07) is 59.4. The Hall–Kier alpha value is -7.04. The van der Waals surface area contributed by atoms with Crippen LogP contribution in [0, 0.1) is 0 Å². The number of hydrogen-bond donors (Lipinski definition) is 0. The zero-order chi connectivity index (χ0) is 33.9. The van der Waals surface area contributed by atoms with Gasteiger partial charge in [-0.1, -0.05) is 103 Å². The lowest BCUT2D eigenvalue weighted by Gasteiger charge is -2.11. The summed E-state index contributed by atoms with van der Waals surface area (Å²) in [5.74, 6) is 0.899. The Morgan fingerprint density at radius 3 is 1.96 bits per heavy atom. The minimum atomic E-state index is 0.899. The number of para-hydroxylation sites is 2. The molecule has 4 nitrogen and oxygen atoms in total. The standard InChI is InChI=1S/C48H28N4/c1-2-12-33(13-3-1)51-40-18-7-6-15-35(40)38-26-30(20-22-41(38)51)31-21-23-42-39(27-31)46-34-14-5-4-10-29(34)19-24-43(46)52(42)44-28-32-11-8-16-36-37-17-9-25-49-47(37)48(50-44)45(32)36/h1-28H. The third-order valence-electron chi connectivity index (χ3n) is 11.1. The highest BCUT2D eigenvalue weighted by Crippen LogP contribution is 2.47. The smallest absolute Gasteiger partial charge is 0.139 e. The summed E-state index contributed by atoms with van der Waals surface area (Å²) in [7, 11) is 0. The second kappa shape index (κ2) is 10.3. The first-order chi connectivity index (χ1) is 25.8. The van der Waals surface area contributed by atoms with Gasteiger partial charge in [-0.2, -0.15) is 0 Å². The van der Waals surface area contributed by atoms with Crippen molar-refractivity contribution in [3.8, 4) is 45.1 Å².